The predicted octanol–water partition coefficient (Wildman–Crippen LogP) is 3.94. The molecule has 0 saturated heterocycles. The molecule has 6 heteroatoms. The summed E-state index contributed by atoms with van der Waals surface area (Å²) >= 11 is 0. The van der Waals surface area contributed by atoms with Crippen molar-refractivity contribution < 1.29 is 19.0 Å². The fraction of sp³-hybridized carbons (Fsp3) is 0.280. The molecule has 0 amide bonds. The maximum Gasteiger partial charge on any atom is 0.306 e. The minimum absolute atomic E-state index is 0.00967. The van der Waals surface area contributed by atoms with E-state index in [1.807, 2.05) is 36.4 Å². The van der Waals surface area contributed by atoms with Crippen molar-refractivity contribution in [3.8, 4) is 17.2 Å². The van der Waals surface area contributed by atoms with E-state index in [0.717, 1.165) is 46.7 Å². The van der Waals surface area contributed by atoms with Crippen molar-refractivity contribution >= 4 is 5.97 Å². The fourth-order valence-electron chi connectivity index (χ4n) is 4.52. The molecule has 3 aromatic rings. The van der Waals surface area contributed by atoms with E-state index in [0.29, 0.717) is 13.0 Å². The van der Waals surface area contributed by atoms with Crippen LogP contribution in [0.1, 0.15) is 41.6 Å². The molecule has 0 radical (unpaired) electrons. The Labute approximate surface area is 180 Å². The summed E-state index contributed by atoms with van der Waals surface area (Å²) in [7, 11) is 1.40. The zero-order valence-electron chi connectivity index (χ0n) is 17.2. The number of esters is 1. The van der Waals surface area contributed by atoms with Gasteiger partial charge < -0.3 is 14.2 Å². The first-order valence-electron chi connectivity index (χ1n) is 10.4. The first-order valence-corrected chi connectivity index (χ1v) is 10.4. The molecular formula is C25H23NO5. The van der Waals surface area contributed by atoms with Crippen molar-refractivity contribution in [2.45, 2.75) is 31.3 Å². The highest BCUT2D eigenvalue weighted by Gasteiger charge is 2.29. The Morgan fingerprint density at radius 3 is 2.87 bits per heavy atom. The van der Waals surface area contributed by atoms with Crippen molar-refractivity contribution in [1.82, 2.24) is 4.57 Å². The average Bonchev–Trinajstić information content (AvgIpc) is 3.38. The van der Waals surface area contributed by atoms with Gasteiger partial charge in [-0.05, 0) is 42.2 Å². The van der Waals surface area contributed by atoms with E-state index in [-0.39, 0.29) is 23.6 Å². The lowest BCUT2D eigenvalue weighted by Gasteiger charge is -2.17. The first kappa shape index (κ1) is 19.4. The molecule has 31 heavy (non-hydrogen) atoms. The Kier molecular flexibility index (Phi) is 4.98. The van der Waals surface area contributed by atoms with E-state index in [1.54, 1.807) is 22.9 Å². The van der Waals surface area contributed by atoms with Gasteiger partial charge in [-0.1, -0.05) is 24.3 Å². The van der Waals surface area contributed by atoms with Crippen LogP contribution in [0.15, 0.2) is 65.6 Å². The molecule has 158 valence electrons. The molecule has 6 nitrogen and oxygen atoms in total. The zero-order chi connectivity index (χ0) is 21.4. The number of benzene rings is 2. The Balaban J connectivity index is 1.38. The topological polar surface area (TPSA) is 66.8 Å². The van der Waals surface area contributed by atoms with Gasteiger partial charge >= 0.3 is 5.97 Å². The van der Waals surface area contributed by atoms with Gasteiger partial charge in [-0.3, -0.25) is 14.2 Å². The highest BCUT2D eigenvalue weighted by molar-refractivity contribution is 5.71. The quantitative estimate of drug-likeness (QED) is 0.588. The molecule has 2 atom stereocenters. The van der Waals surface area contributed by atoms with Crippen molar-refractivity contribution in [2.24, 2.45) is 0 Å². The van der Waals surface area contributed by atoms with Crippen molar-refractivity contribution in [2.75, 3.05) is 13.7 Å². The Bertz CT molecular complexity index is 1200. The van der Waals surface area contributed by atoms with Gasteiger partial charge in [-0.25, -0.2) is 0 Å². The molecule has 1 aromatic heterocycles. The van der Waals surface area contributed by atoms with Gasteiger partial charge in [0.05, 0.1) is 25.8 Å². The lowest BCUT2D eigenvalue weighted by atomic mass is 9.98. The lowest BCUT2D eigenvalue weighted by Crippen LogP contribution is -2.17. The van der Waals surface area contributed by atoms with Crippen LogP contribution < -0.4 is 15.0 Å². The summed E-state index contributed by atoms with van der Waals surface area (Å²) in [4.78, 5) is 23.9. The fourth-order valence-corrected chi connectivity index (χ4v) is 4.52. The van der Waals surface area contributed by atoms with E-state index in [9.17, 15) is 9.59 Å². The highest BCUT2D eigenvalue weighted by atomic mass is 16.5. The van der Waals surface area contributed by atoms with Gasteiger partial charge in [-0.15, -0.1) is 0 Å². The summed E-state index contributed by atoms with van der Waals surface area (Å²) < 4.78 is 18.6. The van der Waals surface area contributed by atoms with Gasteiger partial charge in [0.2, 0.25) is 0 Å². The number of fused-ring (bicyclic) bond motifs is 2. The molecular weight excluding hydrogens is 394 g/mol. The van der Waals surface area contributed by atoms with Crippen LogP contribution >= 0.6 is 0 Å². The highest BCUT2D eigenvalue weighted by Crippen LogP contribution is 2.41. The third-order valence-corrected chi connectivity index (χ3v) is 6.06. The normalized spacial score (nSPS) is 18.7. The molecule has 5 rings (SSSR count). The second-order valence-electron chi connectivity index (χ2n) is 7.89. The number of pyridine rings is 1. The molecule has 0 N–H and O–H groups in total. The molecule has 2 heterocycles. The standard InChI is InChI=1S/C25H23NO5/c1-29-25(28)13-16-15-30-23-14-17(8-9-18(16)23)31-22-11-10-19-20(22)5-4-6-21(19)26-12-3-2-7-24(26)27/h2-9,12,14,16,22H,10-11,13,15H2,1H3/t16-,22-/m1/s1. The molecule has 1 aliphatic heterocycles. The molecule has 0 unspecified atom stereocenters. The lowest BCUT2D eigenvalue weighted by molar-refractivity contribution is -0.141. The van der Waals surface area contributed by atoms with Crippen LogP contribution in [0.2, 0.25) is 0 Å². The minimum atomic E-state index is -0.238. The molecule has 0 fully saturated rings. The largest absolute Gasteiger partial charge is 0.492 e. The summed E-state index contributed by atoms with van der Waals surface area (Å²) in [5, 5.41) is 0. The SMILES string of the molecule is COC(=O)C[C@@H]1COc2cc(O[C@@H]3CCc4c3cccc4-n3ccccc3=O)ccc21. The molecule has 0 spiro atoms. The summed E-state index contributed by atoms with van der Waals surface area (Å²) in [6.07, 6.45) is 3.72. The zero-order valence-corrected chi connectivity index (χ0v) is 17.2. The number of hydrogen-bond acceptors (Lipinski definition) is 5. The second-order valence-corrected chi connectivity index (χ2v) is 7.89. The molecule has 0 saturated carbocycles. The van der Waals surface area contributed by atoms with Gasteiger partial charge in [0, 0.05) is 29.8 Å². The summed E-state index contributed by atoms with van der Waals surface area (Å²) in [5.41, 5.74) is 4.14. The molecule has 1 aliphatic carbocycles. The molecule has 2 aliphatic rings. The summed E-state index contributed by atoms with van der Waals surface area (Å²) in [6.45, 7) is 0.468. The number of carbonyl (C=O) groups is 1. The Hall–Kier alpha value is -3.54. The van der Waals surface area contributed by atoms with E-state index >= 15 is 0 Å². The van der Waals surface area contributed by atoms with Crippen LogP contribution in [0, 0.1) is 0 Å². The Morgan fingerprint density at radius 1 is 1.13 bits per heavy atom. The third-order valence-electron chi connectivity index (χ3n) is 6.06. The van der Waals surface area contributed by atoms with E-state index < -0.39 is 0 Å². The third kappa shape index (κ3) is 3.58. The van der Waals surface area contributed by atoms with Gasteiger partial charge in [-0.2, -0.15) is 0 Å². The van der Waals surface area contributed by atoms with Crippen LogP contribution in [0.25, 0.3) is 5.69 Å². The van der Waals surface area contributed by atoms with Crippen molar-refractivity contribution in [1.29, 1.82) is 0 Å². The predicted molar refractivity (Wildman–Crippen MR) is 115 cm³/mol. The van der Waals surface area contributed by atoms with E-state index in [2.05, 4.69) is 6.07 Å². The van der Waals surface area contributed by atoms with Crippen LogP contribution in [0.5, 0.6) is 11.5 Å². The second kappa shape index (κ2) is 7.95. The smallest absolute Gasteiger partial charge is 0.306 e. The number of methoxy groups -OCH3 is 1. The number of rotatable bonds is 5. The molecule has 2 aromatic carbocycles. The van der Waals surface area contributed by atoms with Crippen LogP contribution in [-0.4, -0.2) is 24.3 Å². The number of nitrogens with zero attached hydrogens (tertiary/aromatic N) is 1. The first-order chi connectivity index (χ1) is 15.1. The number of hydrogen-bond donors (Lipinski definition) is 0. The molecule has 0 bridgehead atoms. The van der Waals surface area contributed by atoms with Gasteiger partial charge in [0.15, 0.2) is 0 Å². The number of ether oxygens (including phenoxy) is 3. The van der Waals surface area contributed by atoms with E-state index in [1.165, 1.54) is 7.11 Å². The van der Waals surface area contributed by atoms with Crippen molar-refractivity contribution in [3.05, 3.63) is 87.8 Å². The maximum atomic E-state index is 12.3. The number of carbonyl (C=O) groups excluding carboxylic acids is 1. The van der Waals surface area contributed by atoms with Crippen LogP contribution in [-0.2, 0) is 16.0 Å². The van der Waals surface area contributed by atoms with Gasteiger partial charge in [0.1, 0.15) is 17.6 Å². The van der Waals surface area contributed by atoms with Gasteiger partial charge in [0.25, 0.3) is 5.56 Å². The minimum Gasteiger partial charge on any atom is -0.492 e. The summed E-state index contributed by atoms with van der Waals surface area (Å²) in [6, 6.07) is 17.0. The van der Waals surface area contributed by atoms with Crippen LogP contribution in [0.4, 0.5) is 0 Å². The van der Waals surface area contributed by atoms with E-state index in [4.69, 9.17) is 14.2 Å². The maximum absolute atomic E-state index is 12.3. The monoisotopic (exact) mass is 417 g/mol. The van der Waals surface area contributed by atoms with Crippen molar-refractivity contribution in [3.63, 3.8) is 0 Å². The van der Waals surface area contributed by atoms with Crippen LogP contribution in [0.3, 0.4) is 0 Å². The number of aromatic nitrogens is 1. The Morgan fingerprint density at radius 2 is 2.03 bits per heavy atom. The average molecular weight is 417 g/mol. The summed E-state index contributed by atoms with van der Waals surface area (Å²) in [5.74, 6) is 1.26.